The van der Waals surface area contributed by atoms with E-state index >= 15 is 0 Å². The van der Waals surface area contributed by atoms with Crippen molar-refractivity contribution in [3.05, 3.63) is 169 Å². The largest absolute Gasteiger partial charge is 0.181 e. The third-order valence-electron chi connectivity index (χ3n) is 10.8. The monoisotopic (exact) mass is 664 g/mol. The lowest BCUT2D eigenvalue weighted by atomic mass is 9.81. The molecule has 0 unspecified atom stereocenters. The predicted molar refractivity (Wildman–Crippen MR) is 210 cm³/mol. The zero-order chi connectivity index (χ0) is 32.0. The van der Waals surface area contributed by atoms with Crippen molar-refractivity contribution in [2.45, 2.75) is 29.1 Å². The Hall–Kier alpha value is -4.67. The van der Waals surface area contributed by atoms with E-state index in [-0.39, 0.29) is 5.41 Å². The summed E-state index contributed by atoms with van der Waals surface area (Å²) < 4.78 is 2.70. The molecule has 10 rings (SSSR count). The van der Waals surface area contributed by atoms with Crippen molar-refractivity contribution in [2.75, 3.05) is 0 Å². The molecule has 0 saturated heterocycles. The first-order valence-electron chi connectivity index (χ1n) is 16.7. The van der Waals surface area contributed by atoms with E-state index in [0.717, 1.165) is 0 Å². The highest BCUT2D eigenvalue weighted by Gasteiger charge is 2.49. The predicted octanol–water partition coefficient (Wildman–Crippen LogP) is 9.87. The van der Waals surface area contributed by atoms with Gasteiger partial charge in [0, 0.05) is 35.4 Å². The molecule has 0 atom stereocenters. The van der Waals surface area contributed by atoms with Crippen LogP contribution in [0.2, 0.25) is 0 Å². The van der Waals surface area contributed by atoms with Gasteiger partial charge in [-0.2, -0.15) is 0 Å². The third kappa shape index (κ3) is 3.84. The van der Waals surface area contributed by atoms with Gasteiger partial charge in [0.2, 0.25) is 0 Å². The van der Waals surface area contributed by atoms with Crippen molar-refractivity contribution in [2.24, 2.45) is 0 Å². The van der Waals surface area contributed by atoms with Crippen LogP contribution in [-0.2, 0) is 5.41 Å². The minimum absolute atomic E-state index is 0.115. The Morgan fingerprint density at radius 2 is 1.15 bits per heavy atom. The van der Waals surface area contributed by atoms with Gasteiger partial charge in [-0.15, -0.1) is 11.3 Å². The molecule has 7 aromatic carbocycles. The molecular weight excluding hydrogens is 633 g/mol. The summed E-state index contributed by atoms with van der Waals surface area (Å²) in [6.07, 6.45) is 0. The van der Waals surface area contributed by atoms with Gasteiger partial charge in [0.05, 0.1) is 0 Å². The summed E-state index contributed by atoms with van der Waals surface area (Å²) in [5.74, 6) is 0. The van der Waals surface area contributed by atoms with Gasteiger partial charge >= 0.3 is 0 Å². The Morgan fingerprint density at radius 1 is 0.500 bits per heavy atom. The topological polar surface area (TPSA) is 0 Å². The molecule has 0 amide bonds. The zero-order valence-electron chi connectivity index (χ0n) is 26.8. The summed E-state index contributed by atoms with van der Waals surface area (Å²) >= 11 is 3.87. The van der Waals surface area contributed by atoms with Crippen molar-refractivity contribution in [3.63, 3.8) is 0 Å². The molecule has 8 aromatic rings. The van der Waals surface area contributed by atoms with Crippen molar-refractivity contribution >= 4 is 72.1 Å². The zero-order valence-corrected chi connectivity index (χ0v) is 29.5. The van der Waals surface area contributed by atoms with Crippen LogP contribution >= 0.6 is 23.1 Å². The van der Waals surface area contributed by atoms with Gasteiger partial charge in [0.25, 0.3) is 0 Å². The Kier molecular flexibility index (Phi) is 6.15. The molecule has 0 saturated carbocycles. The summed E-state index contributed by atoms with van der Waals surface area (Å²) in [4.78, 5) is 2.83. The van der Waals surface area contributed by atoms with Crippen LogP contribution in [-0.4, -0.2) is 8.07 Å². The lowest BCUT2D eigenvalue weighted by Crippen LogP contribution is -2.76. The smallest absolute Gasteiger partial charge is 0.135 e. The van der Waals surface area contributed by atoms with Crippen LogP contribution in [0.15, 0.2) is 168 Å². The fourth-order valence-electron chi connectivity index (χ4n) is 8.57. The highest BCUT2D eigenvalue weighted by Crippen LogP contribution is 2.54. The maximum atomic E-state index is 2.51. The summed E-state index contributed by atoms with van der Waals surface area (Å²) in [5.41, 5.74) is 8.13. The summed E-state index contributed by atoms with van der Waals surface area (Å²) in [5, 5.41) is 8.57. The summed E-state index contributed by atoms with van der Waals surface area (Å²) in [6.45, 7) is 4.84. The highest BCUT2D eigenvalue weighted by atomic mass is 32.2. The molecule has 0 N–H and O–H groups in total. The van der Waals surface area contributed by atoms with E-state index < -0.39 is 8.07 Å². The van der Waals surface area contributed by atoms with E-state index in [0.29, 0.717) is 0 Å². The van der Waals surface area contributed by atoms with Gasteiger partial charge in [-0.25, -0.2) is 0 Å². The van der Waals surface area contributed by atoms with E-state index in [2.05, 4.69) is 172 Å². The van der Waals surface area contributed by atoms with Crippen LogP contribution in [0, 0.1) is 0 Å². The molecule has 228 valence electrons. The lowest BCUT2D eigenvalue weighted by Gasteiger charge is -2.40. The lowest BCUT2D eigenvalue weighted by molar-refractivity contribution is 0.660. The second-order valence-corrected chi connectivity index (χ2v) is 19.5. The molecule has 2 heterocycles. The maximum absolute atomic E-state index is 2.61. The standard InChI is InChI=1S/C45H32S2Si/c1-45(2)36-24-26-42-44(47-40-19-11-12-20-41(40)48(42,31-13-5-3-6-14-31)32-15-7-4-8-16-32)43(36)34-23-21-30(28-37(34)45)29-22-25-39-35(27-29)33-17-9-10-18-38(33)46-39/h3-28H,1-2H3. The number of thiophene rings is 1. The first-order chi connectivity index (χ1) is 23.5. The molecule has 0 bridgehead atoms. The summed E-state index contributed by atoms with van der Waals surface area (Å²) in [6, 6.07) is 60.0. The Bertz CT molecular complexity index is 2520. The van der Waals surface area contributed by atoms with Crippen LogP contribution in [0.5, 0.6) is 0 Å². The van der Waals surface area contributed by atoms with Gasteiger partial charge < -0.3 is 0 Å². The Balaban J connectivity index is 1.22. The molecule has 1 aliphatic carbocycles. The number of hydrogen-bond donors (Lipinski definition) is 0. The van der Waals surface area contributed by atoms with Crippen LogP contribution in [0.4, 0.5) is 0 Å². The number of benzene rings is 7. The van der Waals surface area contributed by atoms with E-state index in [4.69, 9.17) is 0 Å². The van der Waals surface area contributed by atoms with E-state index in [9.17, 15) is 0 Å². The second kappa shape index (κ2) is 10.4. The molecule has 48 heavy (non-hydrogen) atoms. The average molecular weight is 665 g/mol. The number of rotatable bonds is 3. The fraction of sp³-hybridized carbons (Fsp3) is 0.0667. The van der Waals surface area contributed by atoms with Gasteiger partial charge in [0.1, 0.15) is 0 Å². The van der Waals surface area contributed by atoms with Gasteiger partial charge in [-0.1, -0.05) is 153 Å². The van der Waals surface area contributed by atoms with Crippen molar-refractivity contribution in [1.29, 1.82) is 0 Å². The number of hydrogen-bond acceptors (Lipinski definition) is 2. The fourth-order valence-corrected chi connectivity index (χ4v) is 16.8. The third-order valence-corrected chi connectivity index (χ3v) is 18.4. The van der Waals surface area contributed by atoms with Crippen molar-refractivity contribution in [1.82, 2.24) is 0 Å². The van der Waals surface area contributed by atoms with Crippen LogP contribution in [0.1, 0.15) is 25.0 Å². The molecule has 1 aliphatic heterocycles. The molecule has 0 fully saturated rings. The normalized spacial score (nSPS) is 15.1. The van der Waals surface area contributed by atoms with Crippen LogP contribution < -0.4 is 20.7 Å². The molecule has 0 radical (unpaired) electrons. The summed E-state index contributed by atoms with van der Waals surface area (Å²) in [7, 11) is -2.61. The SMILES string of the molecule is CC1(C)c2cc(-c3ccc4sc5ccccc5c4c3)ccc2-c2c1ccc1c2Sc2ccccc2[Si]1(c1ccccc1)c1ccccc1. The quantitative estimate of drug-likeness (QED) is 0.170. The molecule has 2 aliphatic rings. The highest BCUT2D eigenvalue weighted by molar-refractivity contribution is 8.00. The minimum atomic E-state index is -2.61. The second-order valence-electron chi connectivity index (χ2n) is 13.6. The number of fused-ring (bicyclic) bond motifs is 9. The first-order valence-corrected chi connectivity index (χ1v) is 20.3. The van der Waals surface area contributed by atoms with E-state index in [1.165, 1.54) is 84.1 Å². The maximum Gasteiger partial charge on any atom is 0.181 e. The van der Waals surface area contributed by atoms with Gasteiger partial charge in [0.15, 0.2) is 8.07 Å². The van der Waals surface area contributed by atoms with Crippen LogP contribution in [0.25, 0.3) is 42.4 Å². The Morgan fingerprint density at radius 3 is 1.94 bits per heavy atom. The van der Waals surface area contributed by atoms with Gasteiger partial charge in [-0.3, -0.25) is 0 Å². The molecule has 3 heteroatoms. The van der Waals surface area contributed by atoms with E-state index in [1.807, 2.05) is 23.1 Å². The van der Waals surface area contributed by atoms with Crippen LogP contribution in [0.3, 0.4) is 0 Å². The molecule has 0 nitrogen and oxygen atoms in total. The minimum Gasteiger partial charge on any atom is -0.135 e. The molecule has 0 spiro atoms. The molecule has 1 aromatic heterocycles. The Labute approximate surface area is 290 Å². The first kappa shape index (κ1) is 28.3. The van der Waals surface area contributed by atoms with Gasteiger partial charge in [-0.05, 0) is 84.5 Å². The average Bonchev–Trinajstić information content (AvgIpc) is 3.62. The molecular formula is C45H32S2Si. The van der Waals surface area contributed by atoms with Crippen molar-refractivity contribution in [3.8, 4) is 22.3 Å². The van der Waals surface area contributed by atoms with E-state index in [1.54, 1.807) is 0 Å². The van der Waals surface area contributed by atoms with Crippen molar-refractivity contribution < 1.29 is 0 Å².